The molecule has 0 aromatic heterocycles. The number of rotatable bonds is 6. The molecule has 2 bridgehead atoms. The van der Waals surface area contributed by atoms with Gasteiger partial charge >= 0.3 is 0 Å². The van der Waals surface area contributed by atoms with Gasteiger partial charge in [-0.25, -0.2) is 0 Å². The number of halogens is 1. The van der Waals surface area contributed by atoms with Gasteiger partial charge in [-0.1, -0.05) is 6.92 Å². The molecule has 0 radical (unpaired) electrons. The number of nitrogens with zero attached hydrogens (tertiary/aromatic N) is 1. The van der Waals surface area contributed by atoms with E-state index < -0.39 is 0 Å². The predicted octanol–water partition coefficient (Wildman–Crippen LogP) is 1.46. The third-order valence-electron chi connectivity index (χ3n) is 4.31. The molecule has 21 heavy (non-hydrogen) atoms. The molecule has 2 amide bonds. The standard InChI is InChI=1S/C15H27N3O2.ClH/c1-2-9-17-14(19)4-3-5-15(20)18-12-6-7-13(18)11-16-10-8-12;/h12-13,16H,2-11H2,1H3,(H,17,19);1H. The Bertz CT molecular complexity index is 338. The molecule has 2 unspecified atom stereocenters. The van der Waals surface area contributed by atoms with Crippen LogP contribution in [-0.4, -0.2) is 48.4 Å². The van der Waals surface area contributed by atoms with E-state index in [1.807, 2.05) is 6.92 Å². The van der Waals surface area contributed by atoms with Gasteiger partial charge in [-0.2, -0.15) is 0 Å². The fourth-order valence-corrected chi connectivity index (χ4v) is 3.27. The molecule has 2 N–H and O–H groups in total. The van der Waals surface area contributed by atoms with E-state index in [1.54, 1.807) is 0 Å². The van der Waals surface area contributed by atoms with E-state index >= 15 is 0 Å². The summed E-state index contributed by atoms with van der Waals surface area (Å²) in [6.45, 7) is 4.71. The van der Waals surface area contributed by atoms with Crippen molar-refractivity contribution >= 4 is 24.2 Å². The van der Waals surface area contributed by atoms with E-state index in [9.17, 15) is 9.59 Å². The Labute approximate surface area is 133 Å². The quantitative estimate of drug-likeness (QED) is 0.779. The average molecular weight is 318 g/mol. The summed E-state index contributed by atoms with van der Waals surface area (Å²) in [6, 6.07) is 0.806. The highest BCUT2D eigenvalue weighted by Gasteiger charge is 2.37. The molecule has 6 heteroatoms. The van der Waals surface area contributed by atoms with Crippen LogP contribution in [0.5, 0.6) is 0 Å². The van der Waals surface area contributed by atoms with Crippen LogP contribution in [0.3, 0.4) is 0 Å². The summed E-state index contributed by atoms with van der Waals surface area (Å²) in [5, 5.41) is 6.25. The minimum absolute atomic E-state index is 0. The molecule has 2 saturated heterocycles. The summed E-state index contributed by atoms with van der Waals surface area (Å²) in [5.74, 6) is 0.310. The van der Waals surface area contributed by atoms with Gasteiger partial charge in [-0.15, -0.1) is 12.4 Å². The molecule has 2 atom stereocenters. The fraction of sp³-hybridized carbons (Fsp3) is 0.867. The zero-order valence-electron chi connectivity index (χ0n) is 12.9. The Kier molecular flexibility index (Phi) is 8.04. The molecule has 2 aliphatic heterocycles. The number of hydrogen-bond donors (Lipinski definition) is 2. The number of carbonyl (C=O) groups is 2. The zero-order chi connectivity index (χ0) is 14.4. The number of hydrogen-bond acceptors (Lipinski definition) is 3. The van der Waals surface area contributed by atoms with Crippen LogP contribution in [0.25, 0.3) is 0 Å². The number of amides is 2. The van der Waals surface area contributed by atoms with Crippen LogP contribution in [0.15, 0.2) is 0 Å². The first-order valence-corrected chi connectivity index (χ1v) is 8.01. The molecule has 5 nitrogen and oxygen atoms in total. The maximum Gasteiger partial charge on any atom is 0.223 e. The van der Waals surface area contributed by atoms with E-state index in [0.717, 1.165) is 45.3 Å². The molecule has 2 heterocycles. The molecule has 2 aliphatic rings. The topological polar surface area (TPSA) is 61.4 Å². The summed E-state index contributed by atoms with van der Waals surface area (Å²) in [6.07, 6.45) is 5.93. The van der Waals surface area contributed by atoms with Gasteiger partial charge < -0.3 is 15.5 Å². The Morgan fingerprint density at radius 1 is 1.19 bits per heavy atom. The van der Waals surface area contributed by atoms with Crippen LogP contribution in [0.2, 0.25) is 0 Å². The molecule has 2 fully saturated rings. The summed E-state index contributed by atoms with van der Waals surface area (Å²) in [7, 11) is 0. The number of carbonyl (C=O) groups excluding carboxylic acids is 2. The van der Waals surface area contributed by atoms with E-state index in [-0.39, 0.29) is 24.2 Å². The third kappa shape index (κ3) is 5.15. The molecule has 0 aliphatic carbocycles. The summed E-state index contributed by atoms with van der Waals surface area (Å²) in [5.41, 5.74) is 0. The van der Waals surface area contributed by atoms with Gasteiger partial charge in [-0.05, 0) is 38.6 Å². The van der Waals surface area contributed by atoms with Gasteiger partial charge in [0.05, 0.1) is 0 Å². The first kappa shape index (κ1) is 18.2. The lowest BCUT2D eigenvalue weighted by atomic mass is 10.1. The van der Waals surface area contributed by atoms with Crippen molar-refractivity contribution in [1.29, 1.82) is 0 Å². The van der Waals surface area contributed by atoms with Crippen molar-refractivity contribution in [3.8, 4) is 0 Å². The van der Waals surface area contributed by atoms with Crippen molar-refractivity contribution in [2.75, 3.05) is 19.6 Å². The number of fused-ring (bicyclic) bond motifs is 2. The van der Waals surface area contributed by atoms with Crippen molar-refractivity contribution in [2.24, 2.45) is 0 Å². The molecule has 2 rings (SSSR count). The van der Waals surface area contributed by atoms with Gasteiger partial charge in [0.2, 0.25) is 11.8 Å². The Morgan fingerprint density at radius 3 is 2.71 bits per heavy atom. The molecule has 0 spiro atoms. The van der Waals surface area contributed by atoms with E-state index in [4.69, 9.17) is 0 Å². The SMILES string of the molecule is CCCNC(=O)CCCC(=O)N1C2CCNCC1CC2.Cl. The van der Waals surface area contributed by atoms with Crippen LogP contribution < -0.4 is 10.6 Å². The predicted molar refractivity (Wildman–Crippen MR) is 85.5 cm³/mol. The summed E-state index contributed by atoms with van der Waals surface area (Å²) < 4.78 is 0. The van der Waals surface area contributed by atoms with Crippen molar-refractivity contribution in [3.63, 3.8) is 0 Å². The monoisotopic (exact) mass is 317 g/mol. The second-order valence-electron chi connectivity index (χ2n) is 5.88. The van der Waals surface area contributed by atoms with Crippen LogP contribution in [-0.2, 0) is 9.59 Å². The van der Waals surface area contributed by atoms with Crippen LogP contribution >= 0.6 is 12.4 Å². The van der Waals surface area contributed by atoms with Crippen molar-refractivity contribution in [2.45, 2.75) is 64.0 Å². The zero-order valence-corrected chi connectivity index (χ0v) is 13.7. The normalized spacial score (nSPS) is 24.1. The lowest BCUT2D eigenvalue weighted by Gasteiger charge is -2.28. The van der Waals surface area contributed by atoms with Gasteiger partial charge in [0.25, 0.3) is 0 Å². The molecule has 0 aromatic carbocycles. The maximum atomic E-state index is 12.4. The van der Waals surface area contributed by atoms with Gasteiger partial charge in [0.1, 0.15) is 0 Å². The summed E-state index contributed by atoms with van der Waals surface area (Å²) in [4.78, 5) is 26.0. The average Bonchev–Trinajstić information content (AvgIpc) is 2.69. The number of nitrogens with one attached hydrogen (secondary N) is 2. The van der Waals surface area contributed by atoms with Gasteiger partial charge in [0.15, 0.2) is 0 Å². The third-order valence-corrected chi connectivity index (χ3v) is 4.31. The van der Waals surface area contributed by atoms with Crippen LogP contribution in [0.1, 0.15) is 51.9 Å². The molecule has 122 valence electrons. The van der Waals surface area contributed by atoms with Gasteiger partial charge in [0, 0.05) is 38.0 Å². The van der Waals surface area contributed by atoms with Crippen molar-refractivity contribution in [3.05, 3.63) is 0 Å². The fourth-order valence-electron chi connectivity index (χ4n) is 3.27. The molecular weight excluding hydrogens is 290 g/mol. The van der Waals surface area contributed by atoms with E-state index in [1.165, 1.54) is 0 Å². The Balaban J connectivity index is 0.00000220. The van der Waals surface area contributed by atoms with Crippen LogP contribution in [0, 0.1) is 0 Å². The Hall–Kier alpha value is -0.810. The largest absolute Gasteiger partial charge is 0.356 e. The first-order valence-electron chi connectivity index (χ1n) is 8.01. The second kappa shape index (κ2) is 9.26. The smallest absolute Gasteiger partial charge is 0.223 e. The summed E-state index contributed by atoms with van der Waals surface area (Å²) >= 11 is 0. The lowest BCUT2D eigenvalue weighted by molar-refractivity contribution is -0.134. The minimum atomic E-state index is 0. The van der Waals surface area contributed by atoms with Crippen molar-refractivity contribution < 1.29 is 9.59 Å². The molecule has 0 aromatic rings. The highest BCUT2D eigenvalue weighted by molar-refractivity contribution is 5.85. The highest BCUT2D eigenvalue weighted by Crippen LogP contribution is 2.28. The molecular formula is C15H28ClN3O2. The van der Waals surface area contributed by atoms with Crippen molar-refractivity contribution in [1.82, 2.24) is 15.5 Å². The van der Waals surface area contributed by atoms with E-state index in [2.05, 4.69) is 15.5 Å². The molecule has 0 saturated carbocycles. The second-order valence-corrected chi connectivity index (χ2v) is 5.88. The Morgan fingerprint density at radius 2 is 1.95 bits per heavy atom. The van der Waals surface area contributed by atoms with Gasteiger partial charge in [-0.3, -0.25) is 9.59 Å². The van der Waals surface area contributed by atoms with Crippen LogP contribution in [0.4, 0.5) is 0 Å². The minimum Gasteiger partial charge on any atom is -0.356 e. The lowest BCUT2D eigenvalue weighted by Crippen LogP contribution is -2.42. The highest BCUT2D eigenvalue weighted by atomic mass is 35.5. The maximum absolute atomic E-state index is 12.4. The van der Waals surface area contributed by atoms with E-state index in [0.29, 0.717) is 31.3 Å². The first-order chi connectivity index (χ1) is 9.72.